The van der Waals surface area contributed by atoms with Crippen molar-refractivity contribution in [1.82, 2.24) is 5.01 Å². The van der Waals surface area contributed by atoms with Crippen molar-refractivity contribution in [2.45, 2.75) is 18.7 Å². The van der Waals surface area contributed by atoms with Crippen LogP contribution in [0.2, 0.25) is 0 Å². The van der Waals surface area contributed by atoms with E-state index in [0.717, 1.165) is 34.4 Å². The van der Waals surface area contributed by atoms with E-state index in [9.17, 15) is 10.1 Å². The molecule has 2 heterocycles. The third kappa shape index (κ3) is 2.92. The molecule has 0 saturated carbocycles. The molecule has 0 N–H and O–H groups in total. The van der Waals surface area contributed by atoms with Crippen LogP contribution in [-0.2, 0) is 0 Å². The van der Waals surface area contributed by atoms with Crippen molar-refractivity contribution in [3.05, 3.63) is 118 Å². The third-order valence-electron chi connectivity index (χ3n) is 6.17. The van der Waals surface area contributed by atoms with Gasteiger partial charge < -0.3 is 4.74 Å². The maximum Gasteiger partial charge on any atom is 0.269 e. The van der Waals surface area contributed by atoms with Crippen LogP contribution in [0.15, 0.2) is 96.1 Å². The maximum atomic E-state index is 11.3. The summed E-state index contributed by atoms with van der Waals surface area (Å²) in [6, 6.07) is 29.1. The fourth-order valence-corrected chi connectivity index (χ4v) is 4.69. The minimum atomic E-state index is -0.540. The van der Waals surface area contributed by atoms with Crippen molar-refractivity contribution < 1.29 is 9.66 Å². The van der Waals surface area contributed by atoms with Gasteiger partial charge in [0.25, 0.3) is 5.69 Å². The average Bonchev–Trinajstić information content (AvgIpc) is 3.29. The normalized spacial score (nSPS) is 19.1. The summed E-state index contributed by atoms with van der Waals surface area (Å²) in [7, 11) is 0. The molecule has 32 heavy (non-hydrogen) atoms. The lowest BCUT2D eigenvalue weighted by molar-refractivity contribution is -0.385. The number of hydrazone groups is 1. The molecule has 0 unspecified atom stereocenters. The van der Waals surface area contributed by atoms with Gasteiger partial charge in [-0.15, -0.1) is 0 Å². The van der Waals surface area contributed by atoms with E-state index in [4.69, 9.17) is 9.84 Å². The monoisotopic (exact) mass is 421 g/mol. The number of rotatable bonds is 3. The Balaban J connectivity index is 1.49. The van der Waals surface area contributed by atoms with E-state index in [1.54, 1.807) is 12.1 Å². The van der Waals surface area contributed by atoms with Gasteiger partial charge in [-0.1, -0.05) is 72.8 Å². The number of non-ortho nitro benzene ring substituents is 1. The van der Waals surface area contributed by atoms with Crippen molar-refractivity contribution >= 4 is 22.2 Å². The highest BCUT2D eigenvalue weighted by Crippen LogP contribution is 2.48. The van der Waals surface area contributed by atoms with Crippen LogP contribution in [0.25, 0.3) is 10.8 Å². The van der Waals surface area contributed by atoms with E-state index in [1.807, 2.05) is 41.4 Å². The molecule has 2 aliphatic rings. The minimum absolute atomic E-state index is 0.00168. The van der Waals surface area contributed by atoms with Crippen molar-refractivity contribution in [2.24, 2.45) is 5.10 Å². The predicted molar refractivity (Wildman–Crippen MR) is 123 cm³/mol. The lowest BCUT2D eigenvalue weighted by atomic mass is 9.93. The van der Waals surface area contributed by atoms with E-state index in [2.05, 4.69) is 36.4 Å². The van der Waals surface area contributed by atoms with Gasteiger partial charge in [-0.3, -0.25) is 10.1 Å². The van der Waals surface area contributed by atoms with E-state index >= 15 is 0 Å². The largest absolute Gasteiger partial charge is 0.464 e. The van der Waals surface area contributed by atoms with Gasteiger partial charge in [-0.05, 0) is 16.8 Å². The van der Waals surface area contributed by atoms with Crippen LogP contribution < -0.4 is 4.74 Å². The lowest BCUT2D eigenvalue weighted by Gasteiger charge is -2.38. The number of hydrogen-bond acceptors (Lipinski definition) is 5. The minimum Gasteiger partial charge on any atom is -0.464 e. The zero-order valence-corrected chi connectivity index (χ0v) is 17.1. The van der Waals surface area contributed by atoms with Gasteiger partial charge in [0.1, 0.15) is 5.75 Å². The summed E-state index contributed by atoms with van der Waals surface area (Å²) in [4.78, 5) is 11.0. The Kier molecular flexibility index (Phi) is 4.18. The van der Waals surface area contributed by atoms with Crippen molar-refractivity contribution in [3.8, 4) is 5.75 Å². The van der Waals surface area contributed by atoms with Crippen LogP contribution in [0.5, 0.6) is 5.75 Å². The van der Waals surface area contributed by atoms with E-state index < -0.39 is 6.23 Å². The smallest absolute Gasteiger partial charge is 0.269 e. The molecule has 2 aliphatic heterocycles. The number of nitrogens with zero attached hydrogens (tertiary/aromatic N) is 3. The fourth-order valence-electron chi connectivity index (χ4n) is 4.69. The van der Waals surface area contributed by atoms with Gasteiger partial charge >= 0.3 is 0 Å². The number of nitro benzene ring substituents is 1. The second-order valence-corrected chi connectivity index (χ2v) is 8.03. The van der Waals surface area contributed by atoms with E-state index in [-0.39, 0.29) is 16.7 Å². The molecule has 4 aromatic rings. The van der Waals surface area contributed by atoms with E-state index in [1.165, 1.54) is 11.5 Å². The van der Waals surface area contributed by atoms with Crippen LogP contribution in [0.1, 0.15) is 35.4 Å². The molecule has 0 spiro atoms. The van der Waals surface area contributed by atoms with Gasteiger partial charge in [-0.2, -0.15) is 5.10 Å². The first-order chi connectivity index (χ1) is 15.7. The van der Waals surface area contributed by atoms with Crippen molar-refractivity contribution in [3.63, 3.8) is 0 Å². The molecule has 0 aliphatic carbocycles. The Morgan fingerprint density at radius 3 is 2.62 bits per heavy atom. The SMILES string of the molecule is O=[N+]([O-])c1cccc([C@@H]2Oc3ccccc3[C@H]3CC(c4cccc5ccccc45)=NN32)c1. The molecule has 0 bridgehead atoms. The van der Waals surface area contributed by atoms with Crippen molar-refractivity contribution in [2.75, 3.05) is 0 Å². The number of para-hydroxylation sites is 1. The lowest BCUT2D eigenvalue weighted by Crippen LogP contribution is -2.33. The van der Waals surface area contributed by atoms with Gasteiger partial charge in [0.15, 0.2) is 0 Å². The Hall–Kier alpha value is -4.19. The number of hydrogen-bond donors (Lipinski definition) is 0. The second-order valence-electron chi connectivity index (χ2n) is 8.03. The Morgan fingerprint density at radius 2 is 1.72 bits per heavy atom. The van der Waals surface area contributed by atoms with Crippen LogP contribution in [0, 0.1) is 10.1 Å². The zero-order valence-electron chi connectivity index (χ0n) is 17.1. The molecule has 2 atom stereocenters. The standard InChI is InChI=1S/C26H19N3O3/c30-29(31)19-10-5-9-18(15-19)26-28-24(22-12-3-4-14-25(22)32-26)16-23(27-28)21-13-6-8-17-7-1-2-11-20(17)21/h1-15,24,26H,16H2/t24-,26+/m1/s1. The maximum absolute atomic E-state index is 11.3. The summed E-state index contributed by atoms with van der Waals surface area (Å²) < 4.78 is 6.33. The number of benzene rings is 4. The molecule has 0 amide bonds. The first-order valence-electron chi connectivity index (χ1n) is 10.5. The molecule has 0 saturated heterocycles. The summed E-state index contributed by atoms with van der Waals surface area (Å²) in [5, 5.41) is 20.7. The van der Waals surface area contributed by atoms with Crippen molar-refractivity contribution in [1.29, 1.82) is 0 Å². The molecule has 0 aromatic heterocycles. The molecule has 0 radical (unpaired) electrons. The quantitative estimate of drug-likeness (QED) is 0.301. The molecule has 6 heteroatoms. The molecule has 156 valence electrons. The van der Waals surface area contributed by atoms with Crippen LogP contribution >= 0.6 is 0 Å². The van der Waals surface area contributed by atoms with Gasteiger partial charge in [-0.25, -0.2) is 5.01 Å². The van der Waals surface area contributed by atoms with Gasteiger partial charge in [0.05, 0.1) is 16.7 Å². The Labute approximate surface area is 184 Å². The molecule has 4 aromatic carbocycles. The molecule has 0 fully saturated rings. The number of nitro groups is 1. The van der Waals surface area contributed by atoms with Gasteiger partial charge in [0.2, 0.25) is 6.23 Å². The first-order valence-corrected chi connectivity index (χ1v) is 10.5. The highest BCUT2D eigenvalue weighted by molar-refractivity contribution is 6.11. The Morgan fingerprint density at radius 1 is 0.938 bits per heavy atom. The third-order valence-corrected chi connectivity index (χ3v) is 6.17. The number of fused-ring (bicyclic) bond motifs is 4. The summed E-state index contributed by atoms with van der Waals surface area (Å²) in [6.07, 6.45) is 0.196. The summed E-state index contributed by atoms with van der Waals surface area (Å²) in [6.45, 7) is 0. The van der Waals surface area contributed by atoms with Gasteiger partial charge in [0, 0.05) is 35.2 Å². The molecular formula is C26H19N3O3. The second kappa shape index (κ2) is 7.20. The number of ether oxygens (including phenoxy) is 1. The summed E-state index contributed by atoms with van der Waals surface area (Å²) in [5.74, 6) is 0.791. The molecule has 6 rings (SSSR count). The van der Waals surface area contributed by atoms with E-state index in [0.29, 0.717) is 5.56 Å². The Bertz CT molecular complexity index is 1390. The van der Waals surface area contributed by atoms with Crippen LogP contribution in [-0.4, -0.2) is 15.6 Å². The molecular weight excluding hydrogens is 402 g/mol. The fraction of sp³-hybridized carbons (Fsp3) is 0.115. The topological polar surface area (TPSA) is 68.0 Å². The summed E-state index contributed by atoms with van der Waals surface area (Å²) >= 11 is 0. The average molecular weight is 421 g/mol. The summed E-state index contributed by atoms with van der Waals surface area (Å²) in [5.41, 5.74) is 3.92. The highest BCUT2D eigenvalue weighted by atomic mass is 16.6. The highest BCUT2D eigenvalue weighted by Gasteiger charge is 2.41. The first kappa shape index (κ1) is 18.6. The zero-order chi connectivity index (χ0) is 21.7. The van der Waals surface area contributed by atoms with Crippen LogP contribution in [0.4, 0.5) is 5.69 Å². The predicted octanol–water partition coefficient (Wildman–Crippen LogP) is 5.99. The molecule has 6 nitrogen and oxygen atoms in total. The van der Waals surface area contributed by atoms with Crippen LogP contribution in [0.3, 0.4) is 0 Å².